The Morgan fingerprint density at radius 2 is 1.70 bits per heavy atom. The lowest BCUT2D eigenvalue weighted by molar-refractivity contribution is 0.0948. The van der Waals surface area contributed by atoms with E-state index in [1.54, 1.807) is 12.1 Å². The number of para-hydroxylation sites is 1. The summed E-state index contributed by atoms with van der Waals surface area (Å²) in [6, 6.07) is 14.0. The molecule has 0 aliphatic heterocycles. The van der Waals surface area contributed by atoms with Gasteiger partial charge in [0.25, 0.3) is 5.91 Å². The Hall–Kier alpha value is -3.35. The van der Waals surface area contributed by atoms with Crippen molar-refractivity contribution in [2.24, 2.45) is 0 Å². The number of rotatable bonds is 6. The minimum Gasteiger partial charge on any atom is -0.351 e. The van der Waals surface area contributed by atoms with Crippen LogP contribution >= 0.6 is 0 Å². The highest BCUT2D eigenvalue weighted by atomic mass is 19.1. The minimum absolute atomic E-state index is 0.108. The van der Waals surface area contributed by atoms with E-state index in [0.29, 0.717) is 12.1 Å². The van der Waals surface area contributed by atoms with Crippen molar-refractivity contribution >= 4 is 17.4 Å². The van der Waals surface area contributed by atoms with Crippen LogP contribution in [0.15, 0.2) is 54.6 Å². The van der Waals surface area contributed by atoms with Gasteiger partial charge in [0.15, 0.2) is 5.82 Å². The second kappa shape index (κ2) is 8.35. The van der Waals surface area contributed by atoms with Gasteiger partial charge in [-0.25, -0.2) is 18.7 Å². The number of halogens is 2. The third kappa shape index (κ3) is 4.44. The van der Waals surface area contributed by atoms with Crippen molar-refractivity contribution in [1.29, 1.82) is 0 Å². The SMILES string of the molecule is CCCNC(=O)c1cc(Nc2c(F)cccc2F)nc(-c2ccccc2)n1. The third-order valence-corrected chi connectivity index (χ3v) is 3.74. The number of carbonyl (C=O) groups is 1. The summed E-state index contributed by atoms with van der Waals surface area (Å²) in [4.78, 5) is 20.9. The Morgan fingerprint density at radius 1 is 1.00 bits per heavy atom. The van der Waals surface area contributed by atoms with Crippen LogP contribution in [0.5, 0.6) is 0 Å². The predicted octanol–water partition coefficient (Wildman–Crippen LogP) is 4.31. The molecule has 2 aromatic carbocycles. The first-order chi connectivity index (χ1) is 13.1. The van der Waals surface area contributed by atoms with Crippen molar-refractivity contribution in [2.75, 3.05) is 11.9 Å². The standard InChI is InChI=1S/C20H18F2N4O/c1-2-11-23-20(27)16-12-17(25-18-14(21)9-6-10-15(18)22)26-19(24-16)13-7-4-3-5-8-13/h3-10,12H,2,11H2,1H3,(H,23,27)(H,24,25,26). The Balaban J connectivity index is 2.03. The number of nitrogens with one attached hydrogen (secondary N) is 2. The predicted molar refractivity (Wildman–Crippen MR) is 99.7 cm³/mol. The van der Waals surface area contributed by atoms with Gasteiger partial charge < -0.3 is 10.6 Å². The van der Waals surface area contributed by atoms with Gasteiger partial charge in [-0.05, 0) is 18.6 Å². The largest absolute Gasteiger partial charge is 0.351 e. The number of nitrogens with zero attached hydrogens (tertiary/aromatic N) is 2. The zero-order chi connectivity index (χ0) is 19.2. The van der Waals surface area contributed by atoms with Crippen LogP contribution in [0.25, 0.3) is 11.4 Å². The van der Waals surface area contributed by atoms with E-state index < -0.39 is 11.6 Å². The smallest absolute Gasteiger partial charge is 0.270 e. The molecule has 0 spiro atoms. The van der Waals surface area contributed by atoms with Crippen molar-refractivity contribution < 1.29 is 13.6 Å². The molecule has 0 radical (unpaired) electrons. The van der Waals surface area contributed by atoms with Crippen LogP contribution in [0.2, 0.25) is 0 Å². The molecule has 27 heavy (non-hydrogen) atoms. The maximum absolute atomic E-state index is 14.0. The van der Waals surface area contributed by atoms with E-state index in [9.17, 15) is 13.6 Å². The molecule has 1 aromatic heterocycles. The van der Waals surface area contributed by atoms with Gasteiger partial charge in [0.1, 0.15) is 28.8 Å². The number of aromatic nitrogens is 2. The summed E-state index contributed by atoms with van der Waals surface area (Å²) in [5.41, 5.74) is 0.450. The fourth-order valence-electron chi connectivity index (χ4n) is 2.42. The fourth-order valence-corrected chi connectivity index (χ4v) is 2.42. The molecule has 0 aliphatic rings. The van der Waals surface area contributed by atoms with Gasteiger partial charge >= 0.3 is 0 Å². The molecule has 0 saturated carbocycles. The second-order valence-corrected chi connectivity index (χ2v) is 5.81. The highest BCUT2D eigenvalue weighted by Gasteiger charge is 2.15. The normalized spacial score (nSPS) is 10.5. The molecule has 3 rings (SSSR count). The molecule has 1 amide bonds. The van der Waals surface area contributed by atoms with E-state index >= 15 is 0 Å². The maximum Gasteiger partial charge on any atom is 0.270 e. The lowest BCUT2D eigenvalue weighted by atomic mass is 10.2. The Labute approximate surface area is 155 Å². The third-order valence-electron chi connectivity index (χ3n) is 3.74. The Bertz CT molecular complexity index is 928. The van der Waals surface area contributed by atoms with Crippen molar-refractivity contribution in [2.45, 2.75) is 13.3 Å². The van der Waals surface area contributed by atoms with Crippen molar-refractivity contribution in [3.63, 3.8) is 0 Å². The van der Waals surface area contributed by atoms with Crippen molar-refractivity contribution in [3.8, 4) is 11.4 Å². The number of benzene rings is 2. The van der Waals surface area contributed by atoms with Crippen molar-refractivity contribution in [3.05, 3.63) is 71.9 Å². The molecule has 0 saturated heterocycles. The van der Waals surface area contributed by atoms with Gasteiger partial charge in [0.05, 0.1) is 0 Å². The summed E-state index contributed by atoms with van der Waals surface area (Å²) in [6.45, 7) is 2.43. The van der Waals surface area contributed by atoms with E-state index in [2.05, 4.69) is 20.6 Å². The minimum atomic E-state index is -0.758. The van der Waals surface area contributed by atoms with Gasteiger partial charge in [-0.1, -0.05) is 43.3 Å². The average Bonchev–Trinajstić information content (AvgIpc) is 2.69. The van der Waals surface area contributed by atoms with Crippen LogP contribution in [0.4, 0.5) is 20.3 Å². The van der Waals surface area contributed by atoms with E-state index in [1.165, 1.54) is 12.1 Å². The summed E-state index contributed by atoms with van der Waals surface area (Å²) < 4.78 is 27.9. The average molecular weight is 368 g/mol. The molecule has 7 heteroatoms. The van der Waals surface area contributed by atoms with E-state index in [1.807, 2.05) is 25.1 Å². The van der Waals surface area contributed by atoms with Crippen molar-refractivity contribution in [1.82, 2.24) is 15.3 Å². The van der Waals surface area contributed by atoms with Gasteiger partial charge in [-0.3, -0.25) is 4.79 Å². The molecule has 2 N–H and O–H groups in total. The highest BCUT2D eigenvalue weighted by molar-refractivity contribution is 5.93. The molecule has 138 valence electrons. The quantitative estimate of drug-likeness (QED) is 0.681. The summed E-state index contributed by atoms with van der Waals surface area (Å²) >= 11 is 0. The van der Waals surface area contributed by atoms with Crippen LogP contribution < -0.4 is 10.6 Å². The van der Waals surface area contributed by atoms with Crippen LogP contribution in [0.3, 0.4) is 0 Å². The van der Waals surface area contributed by atoms with Crippen LogP contribution in [0, 0.1) is 11.6 Å². The number of anilines is 2. The first kappa shape index (κ1) is 18.4. The molecule has 1 heterocycles. The van der Waals surface area contributed by atoms with Gasteiger partial charge in [-0.2, -0.15) is 0 Å². The monoisotopic (exact) mass is 368 g/mol. The number of hydrogen-bond acceptors (Lipinski definition) is 4. The van der Waals surface area contributed by atoms with E-state index in [0.717, 1.165) is 18.6 Å². The highest BCUT2D eigenvalue weighted by Crippen LogP contribution is 2.24. The Morgan fingerprint density at radius 3 is 2.37 bits per heavy atom. The van der Waals surface area contributed by atoms with Gasteiger partial charge in [-0.15, -0.1) is 0 Å². The molecule has 3 aromatic rings. The van der Waals surface area contributed by atoms with Crippen LogP contribution in [-0.2, 0) is 0 Å². The Kier molecular flexibility index (Phi) is 5.71. The molecule has 0 fully saturated rings. The van der Waals surface area contributed by atoms with Gasteiger partial charge in [0.2, 0.25) is 0 Å². The number of carbonyl (C=O) groups excluding carboxylic acids is 1. The summed E-state index contributed by atoms with van der Waals surface area (Å²) in [7, 11) is 0. The number of hydrogen-bond donors (Lipinski definition) is 2. The molecule has 0 atom stereocenters. The lowest BCUT2D eigenvalue weighted by Crippen LogP contribution is -2.25. The zero-order valence-electron chi connectivity index (χ0n) is 14.7. The topological polar surface area (TPSA) is 66.9 Å². The van der Waals surface area contributed by atoms with Gasteiger partial charge in [0, 0.05) is 18.2 Å². The van der Waals surface area contributed by atoms with E-state index in [-0.39, 0.29) is 28.9 Å². The zero-order valence-corrected chi connectivity index (χ0v) is 14.7. The molecule has 5 nitrogen and oxygen atoms in total. The van der Waals surface area contributed by atoms with E-state index in [4.69, 9.17) is 0 Å². The summed E-state index contributed by atoms with van der Waals surface area (Å²) in [5, 5.41) is 5.36. The number of amides is 1. The molecule has 0 bridgehead atoms. The lowest BCUT2D eigenvalue weighted by Gasteiger charge is -2.11. The maximum atomic E-state index is 14.0. The molecular formula is C20H18F2N4O. The second-order valence-electron chi connectivity index (χ2n) is 5.81. The first-order valence-electron chi connectivity index (χ1n) is 8.52. The summed E-state index contributed by atoms with van der Waals surface area (Å²) in [6.07, 6.45) is 0.772. The fraction of sp³-hybridized carbons (Fsp3) is 0.150. The summed E-state index contributed by atoms with van der Waals surface area (Å²) in [5.74, 6) is -1.50. The first-order valence-corrected chi connectivity index (χ1v) is 8.52. The molecule has 0 aliphatic carbocycles. The van der Waals surface area contributed by atoms with Crippen LogP contribution in [0.1, 0.15) is 23.8 Å². The van der Waals surface area contributed by atoms with Crippen LogP contribution in [-0.4, -0.2) is 22.4 Å². The molecular weight excluding hydrogens is 350 g/mol. The molecule has 0 unspecified atom stereocenters.